The summed E-state index contributed by atoms with van der Waals surface area (Å²) in [6.45, 7) is 3.68. The summed E-state index contributed by atoms with van der Waals surface area (Å²) in [5.74, 6) is 0. The van der Waals surface area contributed by atoms with E-state index >= 15 is 0 Å². The van der Waals surface area contributed by atoms with E-state index in [1.54, 1.807) is 29.1 Å². The van der Waals surface area contributed by atoms with Crippen molar-refractivity contribution >= 4 is 11.0 Å². The Morgan fingerprint density at radius 1 is 1.12 bits per heavy atom. The molecular formula is C18H20N4O4. The van der Waals surface area contributed by atoms with E-state index in [2.05, 4.69) is 15.0 Å². The minimum absolute atomic E-state index is 0.574. The third-order valence-corrected chi connectivity index (χ3v) is 4.83. The summed E-state index contributed by atoms with van der Waals surface area (Å²) in [6, 6.07) is 5.22. The highest BCUT2D eigenvalue weighted by molar-refractivity contribution is 5.78. The maximum Gasteiger partial charge on any atom is 0.164 e. The number of ether oxygens (including phenoxy) is 1. The highest BCUT2D eigenvalue weighted by atomic mass is 16.6. The second kappa shape index (κ2) is 6.40. The van der Waals surface area contributed by atoms with Gasteiger partial charge in [-0.2, -0.15) is 0 Å². The lowest BCUT2D eigenvalue weighted by atomic mass is 9.99. The molecule has 0 aromatic carbocycles. The Hall–Kier alpha value is -2.39. The molecule has 4 heterocycles. The van der Waals surface area contributed by atoms with Crippen molar-refractivity contribution in [3.05, 3.63) is 53.9 Å². The molecule has 5 atom stereocenters. The van der Waals surface area contributed by atoms with Crippen LogP contribution in [0.3, 0.4) is 0 Å². The molecule has 0 bridgehead atoms. The summed E-state index contributed by atoms with van der Waals surface area (Å²) in [7, 11) is 0. The van der Waals surface area contributed by atoms with Gasteiger partial charge in [-0.05, 0) is 37.6 Å². The molecule has 136 valence electrons. The first-order chi connectivity index (χ1) is 12.5. The summed E-state index contributed by atoms with van der Waals surface area (Å²) in [5.41, 5.74) is 2.73. The number of hydrogen-bond donors (Lipinski definition) is 3. The fraction of sp³-hybridized carbons (Fsp3) is 0.389. The highest BCUT2D eigenvalue weighted by Gasteiger charge is 2.47. The van der Waals surface area contributed by atoms with Crippen molar-refractivity contribution in [3.8, 4) is 0 Å². The molecule has 3 aromatic rings. The topological polar surface area (TPSA) is 114 Å². The van der Waals surface area contributed by atoms with Gasteiger partial charge in [0.15, 0.2) is 6.23 Å². The maximum absolute atomic E-state index is 10.6. The van der Waals surface area contributed by atoms with Gasteiger partial charge in [-0.1, -0.05) is 0 Å². The van der Waals surface area contributed by atoms with Crippen LogP contribution in [0.15, 0.2) is 36.9 Å². The molecule has 8 nitrogen and oxygen atoms in total. The summed E-state index contributed by atoms with van der Waals surface area (Å²) in [4.78, 5) is 12.5. The molecule has 3 N–H and O–H groups in total. The van der Waals surface area contributed by atoms with Gasteiger partial charge < -0.3 is 24.6 Å². The van der Waals surface area contributed by atoms with Crippen LogP contribution in [0.4, 0.5) is 0 Å². The average molecular weight is 356 g/mol. The first kappa shape index (κ1) is 17.0. The van der Waals surface area contributed by atoms with Crippen LogP contribution in [0.5, 0.6) is 0 Å². The van der Waals surface area contributed by atoms with E-state index in [1.807, 2.05) is 19.9 Å². The van der Waals surface area contributed by atoms with Crippen LogP contribution in [0.25, 0.3) is 11.0 Å². The molecule has 1 saturated heterocycles. The average Bonchev–Trinajstić information content (AvgIpc) is 3.18. The monoisotopic (exact) mass is 356 g/mol. The molecule has 0 radical (unpaired) electrons. The number of aliphatic hydroxyl groups is 3. The quantitative estimate of drug-likeness (QED) is 0.636. The Kier molecular flexibility index (Phi) is 4.20. The first-order valence-corrected chi connectivity index (χ1v) is 8.37. The SMILES string of the molecule is Cc1cc([C@@H](O)[C@H]2OC(n3ccc4c(C)ncnc43)[C@H](O)[C@@H]2O)ccn1. The zero-order chi connectivity index (χ0) is 18.4. The van der Waals surface area contributed by atoms with Crippen LogP contribution in [-0.2, 0) is 4.74 Å². The number of pyridine rings is 1. The molecule has 0 saturated carbocycles. The van der Waals surface area contributed by atoms with Crippen molar-refractivity contribution < 1.29 is 20.1 Å². The van der Waals surface area contributed by atoms with E-state index in [4.69, 9.17) is 4.74 Å². The summed E-state index contributed by atoms with van der Waals surface area (Å²) in [5, 5.41) is 32.5. The Morgan fingerprint density at radius 3 is 2.69 bits per heavy atom. The Bertz CT molecular complexity index is 944. The molecule has 0 aliphatic carbocycles. The van der Waals surface area contributed by atoms with E-state index in [9.17, 15) is 15.3 Å². The number of aromatic nitrogens is 4. The lowest BCUT2D eigenvalue weighted by molar-refractivity contribution is -0.0848. The normalized spacial score (nSPS) is 27.1. The van der Waals surface area contributed by atoms with E-state index < -0.39 is 30.6 Å². The molecule has 1 fully saturated rings. The van der Waals surface area contributed by atoms with Gasteiger partial charge in [0.1, 0.15) is 36.4 Å². The third-order valence-electron chi connectivity index (χ3n) is 4.83. The van der Waals surface area contributed by atoms with Gasteiger partial charge in [0, 0.05) is 23.5 Å². The zero-order valence-electron chi connectivity index (χ0n) is 14.4. The van der Waals surface area contributed by atoms with Gasteiger partial charge in [0.05, 0.1) is 5.69 Å². The molecular weight excluding hydrogens is 336 g/mol. The van der Waals surface area contributed by atoms with Crippen molar-refractivity contribution in [2.45, 2.75) is 44.5 Å². The fourth-order valence-electron chi connectivity index (χ4n) is 3.42. The van der Waals surface area contributed by atoms with E-state index in [0.717, 1.165) is 16.8 Å². The van der Waals surface area contributed by atoms with E-state index in [-0.39, 0.29) is 0 Å². The van der Waals surface area contributed by atoms with Gasteiger partial charge in [-0.25, -0.2) is 9.97 Å². The number of nitrogens with zero attached hydrogens (tertiary/aromatic N) is 4. The molecule has 1 unspecified atom stereocenters. The zero-order valence-corrected chi connectivity index (χ0v) is 14.4. The lowest BCUT2D eigenvalue weighted by Gasteiger charge is -2.21. The van der Waals surface area contributed by atoms with Crippen molar-refractivity contribution in [2.75, 3.05) is 0 Å². The first-order valence-electron chi connectivity index (χ1n) is 8.37. The summed E-state index contributed by atoms with van der Waals surface area (Å²) >= 11 is 0. The highest BCUT2D eigenvalue weighted by Crippen LogP contribution is 2.37. The minimum Gasteiger partial charge on any atom is -0.387 e. The van der Waals surface area contributed by atoms with Gasteiger partial charge >= 0.3 is 0 Å². The largest absolute Gasteiger partial charge is 0.387 e. The Morgan fingerprint density at radius 2 is 1.92 bits per heavy atom. The predicted molar refractivity (Wildman–Crippen MR) is 92.1 cm³/mol. The maximum atomic E-state index is 10.6. The Balaban J connectivity index is 1.66. The number of hydrogen-bond acceptors (Lipinski definition) is 7. The molecule has 0 spiro atoms. The van der Waals surface area contributed by atoms with Crippen LogP contribution >= 0.6 is 0 Å². The standard InChI is InChI=1S/C18H20N4O4/c1-9-7-11(3-5-19-9)13(23)16-14(24)15(25)18(26-16)22-6-4-12-10(2)20-8-21-17(12)22/h3-8,13-16,18,23-25H,1-2H3/t13-,14+,15-,16-,18?/m1/s1. The smallest absolute Gasteiger partial charge is 0.164 e. The molecule has 4 rings (SSSR count). The van der Waals surface area contributed by atoms with E-state index in [0.29, 0.717) is 11.2 Å². The predicted octanol–water partition coefficient (Wildman–Crippen LogP) is 0.796. The van der Waals surface area contributed by atoms with Crippen molar-refractivity contribution in [1.82, 2.24) is 19.5 Å². The van der Waals surface area contributed by atoms with E-state index in [1.165, 1.54) is 6.33 Å². The second-order valence-electron chi connectivity index (χ2n) is 6.57. The summed E-state index contributed by atoms with van der Waals surface area (Å²) in [6.07, 6.45) is -0.619. The number of rotatable bonds is 3. The number of aryl methyl sites for hydroxylation is 2. The molecule has 26 heavy (non-hydrogen) atoms. The van der Waals surface area contributed by atoms with Gasteiger partial charge in [0.25, 0.3) is 0 Å². The minimum atomic E-state index is -1.25. The van der Waals surface area contributed by atoms with Gasteiger partial charge in [-0.15, -0.1) is 0 Å². The summed E-state index contributed by atoms with van der Waals surface area (Å²) < 4.78 is 7.52. The van der Waals surface area contributed by atoms with Crippen molar-refractivity contribution in [1.29, 1.82) is 0 Å². The van der Waals surface area contributed by atoms with Crippen LogP contribution in [0, 0.1) is 13.8 Å². The third kappa shape index (κ3) is 2.67. The molecule has 0 amide bonds. The van der Waals surface area contributed by atoms with Crippen molar-refractivity contribution in [3.63, 3.8) is 0 Å². The van der Waals surface area contributed by atoms with Crippen LogP contribution in [0.2, 0.25) is 0 Å². The van der Waals surface area contributed by atoms with Gasteiger partial charge in [0.2, 0.25) is 0 Å². The number of aliphatic hydroxyl groups excluding tert-OH is 3. The lowest BCUT2D eigenvalue weighted by Crippen LogP contribution is -2.34. The fourth-order valence-corrected chi connectivity index (χ4v) is 3.42. The Labute approximate surface area is 149 Å². The molecule has 1 aliphatic rings. The molecule has 3 aromatic heterocycles. The van der Waals surface area contributed by atoms with Crippen LogP contribution in [-0.4, -0.2) is 53.2 Å². The van der Waals surface area contributed by atoms with Crippen molar-refractivity contribution in [2.24, 2.45) is 0 Å². The number of fused-ring (bicyclic) bond motifs is 1. The molecule has 8 heteroatoms. The van der Waals surface area contributed by atoms with Crippen LogP contribution in [0.1, 0.15) is 29.3 Å². The molecule has 1 aliphatic heterocycles. The van der Waals surface area contributed by atoms with Gasteiger partial charge in [-0.3, -0.25) is 4.98 Å². The second-order valence-corrected chi connectivity index (χ2v) is 6.57. The van der Waals surface area contributed by atoms with Crippen LogP contribution < -0.4 is 0 Å².